The van der Waals surface area contributed by atoms with Crippen LogP contribution in [-0.4, -0.2) is 4.98 Å². The van der Waals surface area contributed by atoms with Gasteiger partial charge in [-0.2, -0.15) is 0 Å². The minimum absolute atomic E-state index is 0. The Bertz CT molecular complexity index is 359. The van der Waals surface area contributed by atoms with Crippen LogP contribution in [-0.2, 0) is 0 Å². The third-order valence-corrected chi connectivity index (χ3v) is 1.69. The highest BCUT2D eigenvalue weighted by molar-refractivity contribution is 5.42. The molecule has 1 nitrogen and oxygen atoms in total. The molecule has 0 unspecified atom stereocenters. The Morgan fingerprint density at radius 3 is 3.50 bits per heavy atom. The number of rotatable bonds is 0. The quantitative estimate of drug-likeness (QED) is 0.538. The van der Waals surface area contributed by atoms with Crippen LogP contribution in [0, 0.1) is 0 Å². The summed E-state index contributed by atoms with van der Waals surface area (Å²) < 4.78 is 0. The second-order valence-corrected chi connectivity index (χ2v) is 2.38. The molecule has 1 N–H and O–H groups in total. The van der Waals surface area contributed by atoms with E-state index >= 15 is 0 Å². The van der Waals surface area contributed by atoms with Crippen LogP contribution >= 0.6 is 0 Å². The van der Waals surface area contributed by atoms with Crippen molar-refractivity contribution in [1.82, 2.24) is 4.98 Å². The van der Waals surface area contributed by atoms with Gasteiger partial charge in [0.15, 0.2) is 0 Å². The monoisotopic (exact) mass is 133 g/mol. The minimum Gasteiger partial charge on any atom is -0.361 e. The van der Waals surface area contributed by atoms with E-state index in [0.717, 1.165) is 6.42 Å². The minimum atomic E-state index is 0. The lowest BCUT2D eigenvalue weighted by molar-refractivity contribution is 1.32. The van der Waals surface area contributed by atoms with Crippen LogP contribution in [0.2, 0.25) is 0 Å². The third-order valence-electron chi connectivity index (χ3n) is 1.69. The molecule has 0 saturated carbocycles. The van der Waals surface area contributed by atoms with Gasteiger partial charge in [-0.05, 0) is 23.8 Å². The van der Waals surface area contributed by atoms with Gasteiger partial charge in [-0.3, -0.25) is 0 Å². The molecule has 52 valence electrons. The summed E-state index contributed by atoms with van der Waals surface area (Å²) in [4.78, 5) is 3.16. The summed E-state index contributed by atoms with van der Waals surface area (Å²) in [5.41, 5.74) is 0. The van der Waals surface area contributed by atoms with Gasteiger partial charge in [0.1, 0.15) is 0 Å². The van der Waals surface area contributed by atoms with Crippen LogP contribution < -0.4 is 10.6 Å². The fourth-order valence-electron chi connectivity index (χ4n) is 1.15. The van der Waals surface area contributed by atoms with Crippen LogP contribution in [0.25, 0.3) is 12.2 Å². The van der Waals surface area contributed by atoms with E-state index in [1.165, 1.54) is 10.6 Å². The van der Waals surface area contributed by atoms with Crippen LogP contribution in [0.5, 0.6) is 0 Å². The van der Waals surface area contributed by atoms with Crippen LogP contribution in [0.1, 0.15) is 7.85 Å². The van der Waals surface area contributed by atoms with Crippen molar-refractivity contribution in [3.63, 3.8) is 0 Å². The van der Waals surface area contributed by atoms with Gasteiger partial charge < -0.3 is 4.98 Å². The number of aromatic amines is 1. The summed E-state index contributed by atoms with van der Waals surface area (Å²) in [5.74, 6) is 0. The highest BCUT2D eigenvalue weighted by Crippen LogP contribution is 1.86. The van der Waals surface area contributed by atoms with Crippen molar-refractivity contribution < 1.29 is 1.43 Å². The Morgan fingerprint density at radius 2 is 2.50 bits per heavy atom. The highest BCUT2D eigenvalue weighted by Gasteiger charge is 1.85. The molecule has 0 aliphatic heterocycles. The van der Waals surface area contributed by atoms with E-state index in [4.69, 9.17) is 0 Å². The van der Waals surface area contributed by atoms with E-state index in [1.807, 2.05) is 6.20 Å². The number of nitrogens with one attached hydrogen (secondary N) is 1. The average molecular weight is 133 g/mol. The molecule has 0 atom stereocenters. The van der Waals surface area contributed by atoms with E-state index in [2.05, 4.69) is 35.4 Å². The molecule has 1 aromatic rings. The normalized spacial score (nSPS) is 14.8. The summed E-state index contributed by atoms with van der Waals surface area (Å²) in [6.45, 7) is 0. The number of allylic oxidation sites excluding steroid dienone is 2. The predicted molar refractivity (Wildman–Crippen MR) is 44.8 cm³/mol. The summed E-state index contributed by atoms with van der Waals surface area (Å²) in [6, 6.07) is 2.10. The van der Waals surface area contributed by atoms with Gasteiger partial charge in [0.2, 0.25) is 0 Å². The van der Waals surface area contributed by atoms with Crippen molar-refractivity contribution in [2.45, 2.75) is 6.42 Å². The standard InChI is InChI=1S/C9H9N.H2/c1-2-4-8-6-7-10-9(8)5-3-1;/h1,3-7,10H,2H2;1H. The zero-order chi connectivity index (χ0) is 6.81. The first kappa shape index (κ1) is 5.54. The van der Waals surface area contributed by atoms with E-state index < -0.39 is 0 Å². The first-order valence-electron chi connectivity index (χ1n) is 3.47. The van der Waals surface area contributed by atoms with Crippen LogP contribution in [0.4, 0.5) is 0 Å². The maximum atomic E-state index is 3.16. The van der Waals surface area contributed by atoms with E-state index in [-0.39, 0.29) is 1.43 Å². The SMILES string of the molecule is C1=CCC=c2cc[nH]c2=C1.[HH]. The van der Waals surface area contributed by atoms with Crippen molar-refractivity contribution >= 4 is 12.2 Å². The molecule has 0 bridgehead atoms. The molecule has 0 fully saturated rings. The van der Waals surface area contributed by atoms with E-state index in [0.29, 0.717) is 0 Å². The summed E-state index contributed by atoms with van der Waals surface area (Å²) in [6.07, 6.45) is 11.6. The third kappa shape index (κ3) is 0.798. The Morgan fingerprint density at radius 1 is 1.50 bits per heavy atom. The Labute approximate surface area is 60.9 Å². The summed E-state index contributed by atoms with van der Waals surface area (Å²) in [7, 11) is 0. The van der Waals surface area contributed by atoms with Gasteiger partial charge >= 0.3 is 0 Å². The van der Waals surface area contributed by atoms with Gasteiger partial charge in [-0.15, -0.1) is 0 Å². The Hall–Kier alpha value is -1.24. The Kier molecular flexibility index (Phi) is 1.21. The van der Waals surface area contributed by atoms with Crippen LogP contribution in [0.3, 0.4) is 0 Å². The number of hydrogen-bond donors (Lipinski definition) is 1. The first-order valence-corrected chi connectivity index (χ1v) is 3.47. The van der Waals surface area contributed by atoms with E-state index in [9.17, 15) is 0 Å². The molecule has 1 aliphatic rings. The molecule has 0 amide bonds. The lowest BCUT2D eigenvalue weighted by Crippen LogP contribution is -2.20. The maximum Gasteiger partial charge on any atom is 0.0450 e. The molecule has 10 heavy (non-hydrogen) atoms. The Balaban J connectivity index is 0.000000605. The molecule has 1 aromatic heterocycles. The molecule has 1 aliphatic carbocycles. The number of hydrogen-bond acceptors (Lipinski definition) is 0. The van der Waals surface area contributed by atoms with Crippen molar-refractivity contribution in [3.05, 3.63) is 35.0 Å². The number of H-pyrrole nitrogens is 1. The van der Waals surface area contributed by atoms with Crippen molar-refractivity contribution in [1.29, 1.82) is 0 Å². The molecular formula is C9H11N. The fraction of sp³-hybridized carbons (Fsp3) is 0.111. The molecule has 1 heteroatoms. The maximum absolute atomic E-state index is 3.16. The largest absolute Gasteiger partial charge is 0.361 e. The van der Waals surface area contributed by atoms with Crippen molar-refractivity contribution in [2.75, 3.05) is 0 Å². The van der Waals surface area contributed by atoms with Gasteiger partial charge in [-0.1, -0.05) is 18.2 Å². The summed E-state index contributed by atoms with van der Waals surface area (Å²) in [5, 5.41) is 2.53. The zero-order valence-electron chi connectivity index (χ0n) is 5.67. The van der Waals surface area contributed by atoms with Crippen molar-refractivity contribution in [3.8, 4) is 0 Å². The summed E-state index contributed by atoms with van der Waals surface area (Å²) >= 11 is 0. The topological polar surface area (TPSA) is 15.8 Å². The number of fused-ring (bicyclic) bond motifs is 1. The fourth-order valence-corrected chi connectivity index (χ4v) is 1.15. The molecule has 2 rings (SSSR count). The average Bonchev–Trinajstić information content (AvgIpc) is 2.28. The lowest BCUT2D eigenvalue weighted by Gasteiger charge is -1.73. The molecule has 0 spiro atoms. The number of aromatic nitrogens is 1. The highest BCUT2D eigenvalue weighted by atomic mass is 14.6. The van der Waals surface area contributed by atoms with Gasteiger partial charge in [0.05, 0.1) is 0 Å². The smallest absolute Gasteiger partial charge is 0.0450 e. The van der Waals surface area contributed by atoms with E-state index in [1.54, 1.807) is 0 Å². The van der Waals surface area contributed by atoms with Gasteiger partial charge in [0, 0.05) is 13.0 Å². The van der Waals surface area contributed by atoms with Crippen molar-refractivity contribution in [2.24, 2.45) is 0 Å². The second kappa shape index (κ2) is 2.18. The zero-order valence-corrected chi connectivity index (χ0v) is 5.67. The molecular weight excluding hydrogens is 122 g/mol. The molecule has 1 heterocycles. The second-order valence-electron chi connectivity index (χ2n) is 2.38. The molecule has 0 saturated heterocycles. The first-order chi connectivity index (χ1) is 4.97. The predicted octanol–water partition coefficient (Wildman–Crippen LogP) is 0.782. The molecule has 0 radical (unpaired) electrons. The van der Waals surface area contributed by atoms with Gasteiger partial charge in [-0.25, -0.2) is 0 Å². The lowest BCUT2D eigenvalue weighted by atomic mass is 10.3. The molecule has 0 aromatic carbocycles. The van der Waals surface area contributed by atoms with Crippen LogP contribution in [0.15, 0.2) is 24.4 Å². The van der Waals surface area contributed by atoms with Gasteiger partial charge in [0.25, 0.3) is 0 Å².